The van der Waals surface area contributed by atoms with Crippen LogP contribution in [0.2, 0.25) is 0 Å². The van der Waals surface area contributed by atoms with Crippen molar-refractivity contribution in [2.24, 2.45) is 0 Å². The molecule has 0 spiro atoms. The molecule has 0 fully saturated rings. The first-order chi connectivity index (χ1) is 12.7. The fraction of sp³-hybridized carbons (Fsp3) is 0.200. The van der Waals surface area contributed by atoms with Crippen LogP contribution in [0, 0.1) is 0 Å². The summed E-state index contributed by atoms with van der Waals surface area (Å²) in [5.41, 5.74) is 6.47. The number of fused-ring (bicyclic) bond motifs is 2. The van der Waals surface area contributed by atoms with Gasteiger partial charge in [0.15, 0.2) is 0 Å². The second-order valence-corrected chi connectivity index (χ2v) is 8.54. The SMILES string of the molecule is C[C@@H]1C(c2cc3c(Nc4ccc5scnc5c4)ccnc3s2)=CCN1C. The van der Waals surface area contributed by atoms with Crippen LogP contribution >= 0.6 is 22.7 Å². The molecule has 0 bridgehead atoms. The molecule has 4 heterocycles. The highest BCUT2D eigenvalue weighted by molar-refractivity contribution is 7.19. The van der Waals surface area contributed by atoms with E-state index in [2.05, 4.69) is 64.5 Å². The predicted molar refractivity (Wildman–Crippen MR) is 113 cm³/mol. The molecule has 0 aliphatic carbocycles. The third-order valence-electron chi connectivity index (χ3n) is 5.04. The first-order valence-electron chi connectivity index (χ1n) is 8.58. The number of aromatic nitrogens is 2. The molecule has 1 N–H and O–H groups in total. The standard InChI is InChI=1S/C20H18N4S2/c1-12-14(6-8-24(12)2)19-10-15-16(5-7-21-20(15)26-19)23-13-3-4-18-17(9-13)22-11-25-18/h3-7,9-12H,8H2,1-2H3,(H,21,23)/t12-/m1/s1. The van der Waals surface area contributed by atoms with Gasteiger partial charge >= 0.3 is 0 Å². The Labute approximate surface area is 159 Å². The Balaban J connectivity index is 1.53. The number of anilines is 2. The molecular weight excluding hydrogens is 360 g/mol. The number of thiazole rings is 1. The molecule has 1 aromatic carbocycles. The van der Waals surface area contributed by atoms with Crippen LogP contribution in [0.1, 0.15) is 11.8 Å². The maximum atomic E-state index is 4.59. The van der Waals surface area contributed by atoms with Crippen molar-refractivity contribution in [1.82, 2.24) is 14.9 Å². The van der Waals surface area contributed by atoms with E-state index < -0.39 is 0 Å². The van der Waals surface area contributed by atoms with E-state index in [1.54, 1.807) is 22.7 Å². The van der Waals surface area contributed by atoms with Crippen molar-refractivity contribution >= 4 is 60.1 Å². The van der Waals surface area contributed by atoms with Gasteiger partial charge in [0, 0.05) is 34.7 Å². The first kappa shape index (κ1) is 15.9. The molecule has 26 heavy (non-hydrogen) atoms. The summed E-state index contributed by atoms with van der Waals surface area (Å²) in [6.07, 6.45) is 4.21. The minimum atomic E-state index is 0.451. The summed E-state index contributed by atoms with van der Waals surface area (Å²) >= 11 is 3.44. The van der Waals surface area contributed by atoms with Crippen LogP contribution in [-0.4, -0.2) is 34.5 Å². The Kier molecular flexibility index (Phi) is 3.77. The summed E-state index contributed by atoms with van der Waals surface area (Å²) < 4.78 is 1.21. The van der Waals surface area contributed by atoms with Gasteiger partial charge in [-0.05, 0) is 49.9 Å². The highest BCUT2D eigenvalue weighted by Gasteiger charge is 2.23. The summed E-state index contributed by atoms with van der Waals surface area (Å²) in [6, 6.07) is 11.1. The van der Waals surface area contributed by atoms with Gasteiger partial charge in [-0.2, -0.15) is 0 Å². The number of pyridine rings is 1. The number of rotatable bonds is 3. The van der Waals surface area contributed by atoms with Crippen LogP contribution in [0.25, 0.3) is 26.0 Å². The third-order valence-corrected chi connectivity index (χ3v) is 6.94. The molecule has 4 nitrogen and oxygen atoms in total. The normalized spacial score (nSPS) is 17.9. The lowest BCUT2D eigenvalue weighted by molar-refractivity contribution is 0.358. The lowest BCUT2D eigenvalue weighted by Gasteiger charge is -2.17. The summed E-state index contributed by atoms with van der Waals surface area (Å²) in [4.78, 5) is 13.7. The van der Waals surface area contributed by atoms with Crippen molar-refractivity contribution in [3.05, 3.63) is 53.0 Å². The molecule has 1 atom stereocenters. The van der Waals surface area contributed by atoms with Gasteiger partial charge in [-0.1, -0.05) is 6.08 Å². The number of thiophene rings is 1. The van der Waals surface area contributed by atoms with Gasteiger partial charge in [-0.3, -0.25) is 4.90 Å². The van der Waals surface area contributed by atoms with E-state index in [0.717, 1.165) is 28.3 Å². The summed E-state index contributed by atoms with van der Waals surface area (Å²) in [5, 5.41) is 4.73. The van der Waals surface area contributed by atoms with Crippen molar-refractivity contribution in [3.63, 3.8) is 0 Å². The lowest BCUT2D eigenvalue weighted by atomic mass is 10.1. The van der Waals surface area contributed by atoms with Gasteiger partial charge < -0.3 is 5.32 Å². The lowest BCUT2D eigenvalue weighted by Crippen LogP contribution is -2.23. The highest BCUT2D eigenvalue weighted by Crippen LogP contribution is 2.38. The van der Waals surface area contributed by atoms with Crippen molar-refractivity contribution < 1.29 is 0 Å². The smallest absolute Gasteiger partial charge is 0.125 e. The molecule has 0 saturated carbocycles. The third kappa shape index (κ3) is 2.61. The Morgan fingerprint density at radius 3 is 2.96 bits per heavy atom. The van der Waals surface area contributed by atoms with Gasteiger partial charge in [-0.15, -0.1) is 22.7 Å². The average molecular weight is 379 g/mol. The van der Waals surface area contributed by atoms with Crippen molar-refractivity contribution in [2.75, 3.05) is 18.9 Å². The van der Waals surface area contributed by atoms with Crippen LogP contribution in [0.4, 0.5) is 11.4 Å². The van der Waals surface area contributed by atoms with Gasteiger partial charge in [0.1, 0.15) is 4.83 Å². The Morgan fingerprint density at radius 1 is 1.19 bits per heavy atom. The van der Waals surface area contributed by atoms with Crippen LogP contribution < -0.4 is 5.32 Å². The zero-order chi connectivity index (χ0) is 17.7. The number of hydrogen-bond acceptors (Lipinski definition) is 6. The fourth-order valence-electron chi connectivity index (χ4n) is 3.40. The van der Waals surface area contributed by atoms with E-state index in [4.69, 9.17) is 0 Å². The van der Waals surface area contributed by atoms with E-state index in [1.165, 1.54) is 20.5 Å². The highest BCUT2D eigenvalue weighted by atomic mass is 32.1. The maximum absolute atomic E-state index is 4.59. The van der Waals surface area contributed by atoms with E-state index in [-0.39, 0.29) is 0 Å². The van der Waals surface area contributed by atoms with Gasteiger partial charge in [0.2, 0.25) is 0 Å². The Bertz CT molecular complexity index is 1140. The molecule has 1 aliphatic heterocycles. The second kappa shape index (κ2) is 6.16. The zero-order valence-electron chi connectivity index (χ0n) is 14.6. The van der Waals surface area contributed by atoms with Crippen LogP contribution in [0.15, 0.2) is 48.1 Å². The molecular formula is C20H18N4S2. The monoisotopic (exact) mass is 378 g/mol. The number of nitrogens with zero attached hydrogens (tertiary/aromatic N) is 3. The van der Waals surface area contributed by atoms with Crippen molar-refractivity contribution in [1.29, 1.82) is 0 Å². The van der Waals surface area contributed by atoms with Gasteiger partial charge in [-0.25, -0.2) is 9.97 Å². The van der Waals surface area contributed by atoms with Crippen molar-refractivity contribution in [2.45, 2.75) is 13.0 Å². The number of hydrogen-bond donors (Lipinski definition) is 1. The van der Waals surface area contributed by atoms with Gasteiger partial charge in [0.25, 0.3) is 0 Å². The molecule has 0 saturated heterocycles. The van der Waals surface area contributed by atoms with E-state index in [0.29, 0.717) is 6.04 Å². The fourth-order valence-corrected chi connectivity index (χ4v) is 5.20. The Hall–Kier alpha value is -2.28. The minimum Gasteiger partial charge on any atom is -0.355 e. The molecule has 0 unspecified atom stereocenters. The summed E-state index contributed by atoms with van der Waals surface area (Å²) in [6.45, 7) is 3.27. The van der Waals surface area contributed by atoms with Crippen molar-refractivity contribution in [3.8, 4) is 0 Å². The molecule has 0 amide bonds. The number of benzene rings is 1. The average Bonchev–Trinajstić information content (AvgIpc) is 3.34. The minimum absolute atomic E-state index is 0.451. The molecule has 0 radical (unpaired) electrons. The molecule has 3 aromatic heterocycles. The van der Waals surface area contributed by atoms with E-state index in [1.807, 2.05) is 17.8 Å². The molecule has 1 aliphatic rings. The topological polar surface area (TPSA) is 41.1 Å². The van der Waals surface area contributed by atoms with E-state index >= 15 is 0 Å². The van der Waals surface area contributed by atoms with Crippen LogP contribution in [-0.2, 0) is 0 Å². The number of nitrogens with one attached hydrogen (secondary N) is 1. The largest absolute Gasteiger partial charge is 0.355 e. The summed E-state index contributed by atoms with van der Waals surface area (Å²) in [7, 11) is 2.17. The molecule has 4 aromatic rings. The molecule has 5 rings (SSSR count). The first-order valence-corrected chi connectivity index (χ1v) is 10.3. The predicted octanol–water partition coefficient (Wildman–Crippen LogP) is 5.37. The Morgan fingerprint density at radius 2 is 2.12 bits per heavy atom. The summed E-state index contributed by atoms with van der Waals surface area (Å²) in [5.74, 6) is 0. The van der Waals surface area contributed by atoms with Crippen LogP contribution in [0.5, 0.6) is 0 Å². The molecule has 6 heteroatoms. The molecule has 130 valence electrons. The zero-order valence-corrected chi connectivity index (χ0v) is 16.2. The quantitative estimate of drug-likeness (QED) is 0.520. The maximum Gasteiger partial charge on any atom is 0.125 e. The van der Waals surface area contributed by atoms with Gasteiger partial charge in [0.05, 0.1) is 21.4 Å². The van der Waals surface area contributed by atoms with E-state index in [9.17, 15) is 0 Å². The number of likely N-dealkylation sites (N-methyl/N-ethyl adjacent to an activating group) is 1. The second-order valence-electron chi connectivity index (χ2n) is 6.62. The van der Waals surface area contributed by atoms with Crippen LogP contribution in [0.3, 0.4) is 0 Å².